The quantitative estimate of drug-likeness (QED) is 0.866. The van der Waals surface area contributed by atoms with Crippen molar-refractivity contribution in [1.82, 2.24) is 5.32 Å². The molecule has 0 heterocycles. The summed E-state index contributed by atoms with van der Waals surface area (Å²) in [7, 11) is 0. The lowest BCUT2D eigenvalue weighted by atomic mass is 10.1. The molecule has 0 aromatic heterocycles. The van der Waals surface area contributed by atoms with E-state index in [-0.39, 0.29) is 16.9 Å². The van der Waals surface area contributed by atoms with Gasteiger partial charge in [0.15, 0.2) is 0 Å². The molecular formula is C15H15ClFN. The molecule has 18 heavy (non-hydrogen) atoms. The topological polar surface area (TPSA) is 12.0 Å². The van der Waals surface area contributed by atoms with Crippen molar-refractivity contribution in [3.8, 4) is 0 Å². The number of hydrogen-bond acceptors (Lipinski definition) is 1. The molecule has 0 fully saturated rings. The molecule has 2 aromatic rings. The van der Waals surface area contributed by atoms with Gasteiger partial charge in [0.1, 0.15) is 5.82 Å². The number of nitrogens with one attached hydrogen (secondary N) is 1. The maximum atomic E-state index is 13.0. The summed E-state index contributed by atoms with van der Waals surface area (Å²) in [5.74, 6) is -0.378. The Morgan fingerprint density at radius 1 is 1.17 bits per heavy atom. The molecule has 0 aliphatic rings. The van der Waals surface area contributed by atoms with E-state index < -0.39 is 0 Å². The van der Waals surface area contributed by atoms with E-state index in [9.17, 15) is 4.39 Å². The maximum Gasteiger partial charge on any atom is 0.141 e. The summed E-state index contributed by atoms with van der Waals surface area (Å²) in [5, 5.41) is 3.55. The third kappa shape index (κ3) is 3.31. The van der Waals surface area contributed by atoms with E-state index in [2.05, 4.69) is 24.4 Å². The summed E-state index contributed by atoms with van der Waals surface area (Å²) in [6.45, 7) is 2.76. The van der Waals surface area contributed by atoms with Gasteiger partial charge in [0.05, 0.1) is 5.02 Å². The van der Waals surface area contributed by atoms with Gasteiger partial charge in [-0.3, -0.25) is 0 Å². The van der Waals surface area contributed by atoms with Crippen molar-refractivity contribution in [2.45, 2.75) is 19.5 Å². The minimum absolute atomic E-state index is 0.168. The molecule has 0 aliphatic heterocycles. The van der Waals surface area contributed by atoms with Crippen molar-refractivity contribution in [1.29, 1.82) is 0 Å². The molecule has 2 rings (SSSR count). The summed E-state index contributed by atoms with van der Waals surface area (Å²) in [5.41, 5.74) is 2.20. The Hall–Kier alpha value is -1.38. The fourth-order valence-electron chi connectivity index (χ4n) is 1.78. The molecule has 0 saturated carbocycles. The Balaban J connectivity index is 1.97. The average Bonchev–Trinajstić information content (AvgIpc) is 2.41. The molecule has 0 spiro atoms. The van der Waals surface area contributed by atoms with Crippen LogP contribution in [0.1, 0.15) is 24.1 Å². The van der Waals surface area contributed by atoms with Crippen LogP contribution in [0, 0.1) is 5.82 Å². The van der Waals surface area contributed by atoms with Gasteiger partial charge in [0, 0.05) is 12.6 Å². The molecule has 0 unspecified atom stereocenters. The van der Waals surface area contributed by atoms with Crippen LogP contribution in [0.4, 0.5) is 4.39 Å². The van der Waals surface area contributed by atoms with E-state index in [1.807, 2.05) is 18.2 Å². The molecular weight excluding hydrogens is 249 g/mol. The highest BCUT2D eigenvalue weighted by molar-refractivity contribution is 6.30. The first kappa shape index (κ1) is 13.1. The normalized spacial score (nSPS) is 12.4. The smallest absolute Gasteiger partial charge is 0.141 e. The van der Waals surface area contributed by atoms with Gasteiger partial charge < -0.3 is 5.32 Å². The van der Waals surface area contributed by atoms with Crippen LogP contribution in [0.25, 0.3) is 0 Å². The molecule has 0 aliphatic carbocycles. The lowest BCUT2D eigenvalue weighted by Crippen LogP contribution is -2.17. The van der Waals surface area contributed by atoms with Crippen molar-refractivity contribution in [3.05, 3.63) is 70.5 Å². The first-order chi connectivity index (χ1) is 8.66. The highest BCUT2D eigenvalue weighted by atomic mass is 35.5. The van der Waals surface area contributed by atoms with Crippen molar-refractivity contribution in [2.75, 3.05) is 0 Å². The largest absolute Gasteiger partial charge is 0.306 e. The SMILES string of the molecule is C[C@H](NCc1ccc(F)c(Cl)c1)c1ccccc1. The third-order valence-electron chi connectivity index (χ3n) is 2.90. The van der Waals surface area contributed by atoms with Crippen LogP contribution in [0.3, 0.4) is 0 Å². The molecule has 1 nitrogen and oxygen atoms in total. The maximum absolute atomic E-state index is 13.0. The standard InChI is InChI=1S/C15H15ClFN/c1-11(13-5-3-2-4-6-13)18-10-12-7-8-15(17)14(16)9-12/h2-9,11,18H,10H2,1H3/t11-/m0/s1. The van der Waals surface area contributed by atoms with Gasteiger partial charge in [-0.15, -0.1) is 0 Å². The Morgan fingerprint density at radius 2 is 1.89 bits per heavy atom. The van der Waals surface area contributed by atoms with Crippen molar-refractivity contribution in [2.24, 2.45) is 0 Å². The third-order valence-corrected chi connectivity index (χ3v) is 3.19. The van der Waals surface area contributed by atoms with Crippen LogP contribution in [0.2, 0.25) is 5.02 Å². The number of benzene rings is 2. The van der Waals surface area contributed by atoms with E-state index in [1.165, 1.54) is 11.6 Å². The molecule has 0 radical (unpaired) electrons. The van der Waals surface area contributed by atoms with Gasteiger partial charge in [0.2, 0.25) is 0 Å². The fourth-order valence-corrected chi connectivity index (χ4v) is 1.98. The van der Waals surface area contributed by atoms with Crippen molar-refractivity contribution < 1.29 is 4.39 Å². The summed E-state index contributed by atoms with van der Waals surface area (Å²) in [6.07, 6.45) is 0. The number of halogens is 2. The van der Waals surface area contributed by atoms with E-state index in [4.69, 9.17) is 11.6 Å². The molecule has 0 saturated heterocycles. The summed E-state index contributed by atoms with van der Waals surface area (Å²) < 4.78 is 13.0. The van der Waals surface area contributed by atoms with Crippen LogP contribution in [0.15, 0.2) is 48.5 Å². The number of rotatable bonds is 4. The second-order valence-corrected chi connectivity index (χ2v) is 4.67. The second kappa shape index (κ2) is 5.98. The highest BCUT2D eigenvalue weighted by Crippen LogP contribution is 2.17. The molecule has 0 bridgehead atoms. The highest BCUT2D eigenvalue weighted by Gasteiger charge is 2.05. The van der Waals surface area contributed by atoms with Gasteiger partial charge in [-0.1, -0.05) is 48.0 Å². The predicted molar refractivity (Wildman–Crippen MR) is 73.1 cm³/mol. The molecule has 1 N–H and O–H groups in total. The summed E-state index contributed by atoms with van der Waals surface area (Å²) in [4.78, 5) is 0. The number of hydrogen-bond donors (Lipinski definition) is 1. The average molecular weight is 264 g/mol. The van der Waals surface area contributed by atoms with Crippen LogP contribution in [-0.2, 0) is 6.54 Å². The van der Waals surface area contributed by atoms with Crippen LogP contribution in [0.5, 0.6) is 0 Å². The van der Waals surface area contributed by atoms with E-state index in [0.717, 1.165) is 5.56 Å². The van der Waals surface area contributed by atoms with Crippen molar-refractivity contribution >= 4 is 11.6 Å². The van der Waals surface area contributed by atoms with Gasteiger partial charge in [-0.2, -0.15) is 0 Å². The van der Waals surface area contributed by atoms with Crippen LogP contribution in [-0.4, -0.2) is 0 Å². The Kier molecular flexibility index (Phi) is 4.34. The van der Waals surface area contributed by atoms with E-state index in [0.29, 0.717) is 6.54 Å². The zero-order valence-corrected chi connectivity index (χ0v) is 10.9. The summed E-state index contributed by atoms with van der Waals surface area (Å²) in [6, 6.07) is 15.2. The minimum Gasteiger partial charge on any atom is -0.306 e. The van der Waals surface area contributed by atoms with Crippen molar-refractivity contribution in [3.63, 3.8) is 0 Å². The summed E-state index contributed by atoms with van der Waals surface area (Å²) >= 11 is 5.74. The first-order valence-electron chi connectivity index (χ1n) is 5.89. The first-order valence-corrected chi connectivity index (χ1v) is 6.27. The Morgan fingerprint density at radius 3 is 2.56 bits per heavy atom. The fraction of sp³-hybridized carbons (Fsp3) is 0.200. The van der Waals surface area contributed by atoms with Gasteiger partial charge >= 0.3 is 0 Å². The second-order valence-electron chi connectivity index (χ2n) is 4.26. The van der Waals surface area contributed by atoms with Gasteiger partial charge in [-0.05, 0) is 30.2 Å². The zero-order chi connectivity index (χ0) is 13.0. The lowest BCUT2D eigenvalue weighted by Gasteiger charge is -2.14. The van der Waals surface area contributed by atoms with Gasteiger partial charge in [0.25, 0.3) is 0 Å². The molecule has 1 atom stereocenters. The molecule has 3 heteroatoms. The molecule has 94 valence electrons. The van der Waals surface area contributed by atoms with E-state index in [1.54, 1.807) is 12.1 Å². The minimum atomic E-state index is -0.378. The molecule has 0 amide bonds. The molecule has 2 aromatic carbocycles. The monoisotopic (exact) mass is 263 g/mol. The Labute approximate surface area is 112 Å². The zero-order valence-electron chi connectivity index (χ0n) is 10.2. The Bertz CT molecular complexity index is 513. The predicted octanol–water partition coefficient (Wildman–Crippen LogP) is 4.33. The van der Waals surface area contributed by atoms with Crippen LogP contribution < -0.4 is 5.32 Å². The van der Waals surface area contributed by atoms with Crippen LogP contribution >= 0.6 is 11.6 Å². The lowest BCUT2D eigenvalue weighted by molar-refractivity contribution is 0.573. The van der Waals surface area contributed by atoms with Gasteiger partial charge in [-0.25, -0.2) is 4.39 Å². The van der Waals surface area contributed by atoms with E-state index >= 15 is 0 Å².